The van der Waals surface area contributed by atoms with Crippen LogP contribution in [0.5, 0.6) is 5.88 Å². The highest BCUT2D eigenvalue weighted by Gasteiger charge is 2.41. The third kappa shape index (κ3) is 9.87. The van der Waals surface area contributed by atoms with E-state index in [0.29, 0.717) is 25.2 Å². The number of hydrogen-bond acceptors (Lipinski definition) is 10. The van der Waals surface area contributed by atoms with E-state index in [1.165, 1.54) is 4.90 Å². The van der Waals surface area contributed by atoms with Crippen LogP contribution in [0.25, 0.3) is 10.4 Å². The van der Waals surface area contributed by atoms with Gasteiger partial charge in [-0.25, -0.2) is 4.98 Å². The number of aliphatic hydroxyl groups is 1. The Morgan fingerprint density at radius 2 is 1.85 bits per heavy atom. The Morgan fingerprint density at radius 3 is 2.49 bits per heavy atom. The molecule has 2 amide bonds. The predicted octanol–water partition coefficient (Wildman–Crippen LogP) is 5.97. The largest absolute Gasteiger partial charge is 0.476 e. The zero-order chi connectivity index (χ0) is 34.3. The number of aliphatic hydroxyl groups excluding tert-OH is 1. The number of aryl methyl sites for hydroxylation is 1. The van der Waals surface area contributed by atoms with Crippen LogP contribution in [0.15, 0.2) is 40.4 Å². The van der Waals surface area contributed by atoms with Crippen LogP contribution in [0.1, 0.15) is 102 Å². The summed E-state index contributed by atoms with van der Waals surface area (Å²) >= 11 is 1.58. The van der Waals surface area contributed by atoms with Crippen molar-refractivity contribution < 1.29 is 33.5 Å². The number of amides is 2. The SMILES string of the molecule is Cc1ncsc1-c1ccc([C@H](C)C(=O)N[C@@H]2C[C@@H](O)CN2C(=O)[C@H](c2cc(OCCCCCC(=O)OC(C)(C)C)no2)C(C)C)cc1. The third-order valence-electron chi connectivity index (χ3n) is 8.12. The second kappa shape index (κ2) is 15.9. The van der Waals surface area contributed by atoms with E-state index < -0.39 is 29.7 Å². The number of nitrogens with zero attached hydrogens (tertiary/aromatic N) is 3. The minimum atomic E-state index is -0.766. The van der Waals surface area contributed by atoms with Gasteiger partial charge < -0.3 is 29.3 Å². The summed E-state index contributed by atoms with van der Waals surface area (Å²) in [5.41, 5.74) is 4.20. The maximum Gasteiger partial charge on any atom is 0.306 e. The lowest BCUT2D eigenvalue weighted by molar-refractivity contribution is -0.155. The molecule has 1 aromatic carbocycles. The van der Waals surface area contributed by atoms with E-state index in [1.54, 1.807) is 17.4 Å². The van der Waals surface area contributed by atoms with Gasteiger partial charge in [0.2, 0.25) is 11.8 Å². The molecule has 2 aromatic heterocycles. The molecule has 256 valence electrons. The minimum absolute atomic E-state index is 0.102. The Bertz CT molecular complexity index is 1490. The second-order valence-electron chi connectivity index (χ2n) is 13.5. The highest BCUT2D eigenvalue weighted by Crippen LogP contribution is 2.33. The first-order valence-electron chi connectivity index (χ1n) is 16.3. The van der Waals surface area contributed by atoms with Crippen molar-refractivity contribution in [3.8, 4) is 16.3 Å². The van der Waals surface area contributed by atoms with Crippen LogP contribution < -0.4 is 10.1 Å². The van der Waals surface area contributed by atoms with E-state index in [0.717, 1.165) is 34.5 Å². The first-order valence-corrected chi connectivity index (χ1v) is 17.2. The van der Waals surface area contributed by atoms with Gasteiger partial charge in [-0.2, -0.15) is 0 Å². The Labute approximate surface area is 281 Å². The molecular weight excluding hydrogens is 620 g/mol. The van der Waals surface area contributed by atoms with Crippen LogP contribution in [-0.4, -0.2) is 69.0 Å². The highest BCUT2D eigenvalue weighted by atomic mass is 32.1. The van der Waals surface area contributed by atoms with Gasteiger partial charge in [0.25, 0.3) is 5.88 Å². The molecule has 4 rings (SSSR count). The molecule has 0 spiro atoms. The Morgan fingerprint density at radius 1 is 1.13 bits per heavy atom. The monoisotopic (exact) mass is 668 g/mol. The third-order valence-corrected chi connectivity index (χ3v) is 9.10. The molecule has 0 saturated carbocycles. The summed E-state index contributed by atoms with van der Waals surface area (Å²) in [6.07, 6.45) is 1.37. The normalized spacial score (nSPS) is 17.9. The lowest BCUT2D eigenvalue weighted by atomic mass is 9.91. The van der Waals surface area contributed by atoms with Crippen molar-refractivity contribution in [1.29, 1.82) is 0 Å². The summed E-state index contributed by atoms with van der Waals surface area (Å²) in [6, 6.07) is 9.48. The average molecular weight is 669 g/mol. The molecule has 3 aromatic rings. The number of β-amino-alcohol motifs (C(OH)–C–C–N with tert-alkyl or cyclic N) is 1. The molecule has 1 fully saturated rings. The average Bonchev–Trinajstić information content (AvgIpc) is 3.73. The Kier molecular flexibility index (Phi) is 12.2. The lowest BCUT2D eigenvalue weighted by Gasteiger charge is -2.30. The van der Waals surface area contributed by atoms with Gasteiger partial charge in [0.1, 0.15) is 17.7 Å². The number of thiazole rings is 1. The fourth-order valence-electron chi connectivity index (χ4n) is 5.66. The van der Waals surface area contributed by atoms with Crippen LogP contribution in [0.3, 0.4) is 0 Å². The zero-order valence-corrected chi connectivity index (χ0v) is 29.3. The molecular formula is C35H48N4O7S. The van der Waals surface area contributed by atoms with E-state index >= 15 is 0 Å². The number of carbonyl (C=O) groups excluding carboxylic acids is 3. The standard InChI is InChI=1S/C35H48N4O7S/c1-21(2)31(27-18-29(38-46-27)44-16-10-8-9-11-30(41)45-35(5,6)7)34(43)39-19-26(40)17-28(39)37-33(42)22(3)24-12-14-25(15-13-24)32-23(4)36-20-47-32/h12-15,18,20-22,26,28,31,40H,8-11,16-17,19H2,1-7H3,(H,37,42)/t22-,26+,28-,31-/m0/s1. The van der Waals surface area contributed by atoms with E-state index in [1.807, 2.05) is 78.2 Å². The summed E-state index contributed by atoms with van der Waals surface area (Å²) in [5, 5.41) is 17.6. The van der Waals surface area contributed by atoms with Crippen LogP contribution in [0.4, 0.5) is 0 Å². The first kappa shape index (κ1) is 36.1. The maximum absolute atomic E-state index is 13.9. The van der Waals surface area contributed by atoms with Crippen molar-refractivity contribution in [2.24, 2.45) is 5.92 Å². The van der Waals surface area contributed by atoms with Crippen molar-refractivity contribution in [3.05, 3.63) is 52.9 Å². The quantitative estimate of drug-likeness (QED) is 0.157. The molecule has 3 heterocycles. The fraction of sp³-hybridized carbons (Fsp3) is 0.571. The van der Waals surface area contributed by atoms with Crippen LogP contribution >= 0.6 is 11.3 Å². The molecule has 2 N–H and O–H groups in total. The molecule has 1 aliphatic rings. The number of hydrogen-bond donors (Lipinski definition) is 2. The first-order chi connectivity index (χ1) is 22.2. The number of rotatable bonds is 14. The van der Waals surface area contributed by atoms with Crippen molar-refractivity contribution in [2.75, 3.05) is 13.2 Å². The number of carbonyl (C=O) groups is 3. The Balaban J connectivity index is 1.32. The number of esters is 1. The molecule has 1 saturated heterocycles. The minimum Gasteiger partial charge on any atom is -0.476 e. The van der Waals surface area contributed by atoms with Gasteiger partial charge in [0, 0.05) is 25.5 Å². The van der Waals surface area contributed by atoms with Crippen molar-refractivity contribution >= 4 is 29.1 Å². The molecule has 1 aliphatic heterocycles. The lowest BCUT2D eigenvalue weighted by Crippen LogP contribution is -2.50. The number of nitrogens with one attached hydrogen (secondary N) is 1. The number of unbranched alkanes of at least 4 members (excludes halogenated alkanes) is 2. The van der Waals surface area contributed by atoms with Crippen molar-refractivity contribution in [3.63, 3.8) is 0 Å². The van der Waals surface area contributed by atoms with Crippen LogP contribution in [0.2, 0.25) is 0 Å². The summed E-state index contributed by atoms with van der Waals surface area (Å²) in [5.74, 6) is -1.35. The predicted molar refractivity (Wildman–Crippen MR) is 179 cm³/mol. The second-order valence-corrected chi connectivity index (χ2v) is 14.4. The molecule has 4 atom stereocenters. The van der Waals surface area contributed by atoms with E-state index in [2.05, 4.69) is 15.5 Å². The Hall–Kier alpha value is -3.77. The fourth-order valence-corrected chi connectivity index (χ4v) is 6.47. The number of benzene rings is 1. The summed E-state index contributed by atoms with van der Waals surface area (Å²) in [4.78, 5) is 46.1. The summed E-state index contributed by atoms with van der Waals surface area (Å²) in [7, 11) is 0. The summed E-state index contributed by atoms with van der Waals surface area (Å²) in [6.45, 7) is 13.7. The van der Waals surface area contributed by atoms with Gasteiger partial charge >= 0.3 is 5.97 Å². The van der Waals surface area contributed by atoms with Gasteiger partial charge in [0.05, 0.1) is 34.7 Å². The number of ether oxygens (including phenoxy) is 2. The number of likely N-dealkylation sites (tertiary alicyclic amines) is 1. The van der Waals surface area contributed by atoms with Gasteiger partial charge in [-0.3, -0.25) is 14.4 Å². The van der Waals surface area contributed by atoms with E-state index in [-0.39, 0.29) is 42.5 Å². The van der Waals surface area contributed by atoms with E-state index in [9.17, 15) is 19.5 Å². The molecule has 0 aliphatic carbocycles. The number of aromatic nitrogens is 2. The van der Waals surface area contributed by atoms with Gasteiger partial charge in [-0.05, 0) is 76.1 Å². The molecule has 0 unspecified atom stereocenters. The molecule has 0 radical (unpaired) electrons. The van der Waals surface area contributed by atoms with Gasteiger partial charge in [-0.1, -0.05) is 38.1 Å². The highest BCUT2D eigenvalue weighted by molar-refractivity contribution is 7.13. The van der Waals surface area contributed by atoms with Gasteiger partial charge in [-0.15, -0.1) is 11.3 Å². The summed E-state index contributed by atoms with van der Waals surface area (Å²) < 4.78 is 16.7. The maximum atomic E-state index is 13.9. The molecule has 47 heavy (non-hydrogen) atoms. The van der Waals surface area contributed by atoms with Crippen LogP contribution in [-0.2, 0) is 19.1 Å². The molecule has 12 heteroatoms. The molecule has 11 nitrogen and oxygen atoms in total. The topological polar surface area (TPSA) is 144 Å². The van der Waals surface area contributed by atoms with Crippen LogP contribution in [0, 0.1) is 12.8 Å². The van der Waals surface area contributed by atoms with Crippen molar-refractivity contribution in [2.45, 2.75) is 110 Å². The zero-order valence-electron chi connectivity index (χ0n) is 28.4. The smallest absolute Gasteiger partial charge is 0.306 e. The van der Waals surface area contributed by atoms with Gasteiger partial charge in [0.15, 0.2) is 5.76 Å². The van der Waals surface area contributed by atoms with Crippen molar-refractivity contribution in [1.82, 2.24) is 20.4 Å². The van der Waals surface area contributed by atoms with E-state index in [4.69, 9.17) is 14.0 Å². The molecule has 0 bridgehead atoms.